The van der Waals surface area contributed by atoms with Crippen molar-refractivity contribution < 1.29 is 4.42 Å². The number of furan rings is 1. The fourth-order valence-electron chi connectivity index (χ4n) is 9.65. The fourth-order valence-corrected chi connectivity index (χ4v) is 9.65. The van der Waals surface area contributed by atoms with Crippen LogP contribution in [0.25, 0.3) is 133 Å². The molecule has 0 spiro atoms. The number of fused-ring (bicyclic) bond motifs is 9. The maximum Gasteiger partial charge on any atom is 0.135 e. The second-order valence-electron chi connectivity index (χ2n) is 16.5. The van der Waals surface area contributed by atoms with E-state index in [1.807, 2.05) is 24.5 Å². The minimum atomic E-state index is 0.810. The lowest BCUT2D eigenvalue weighted by molar-refractivity contribution is 0.669. The minimum absolute atomic E-state index is 0.810. The van der Waals surface area contributed by atoms with Crippen LogP contribution in [0.2, 0.25) is 0 Å². The molecular formula is C60H36N4O. The fraction of sp³-hybridized carbons (Fsp3) is 0. The first-order valence-corrected chi connectivity index (χ1v) is 21.9. The summed E-state index contributed by atoms with van der Waals surface area (Å²) in [6.07, 6.45) is 3.80. The largest absolute Gasteiger partial charge is 0.456 e. The van der Waals surface area contributed by atoms with Crippen molar-refractivity contribution in [1.82, 2.24) is 19.9 Å². The average molecular weight is 829 g/mol. The third-order valence-corrected chi connectivity index (χ3v) is 12.8. The number of aromatic nitrogens is 4. The molecule has 0 bridgehead atoms. The molecule has 8 aromatic carbocycles. The summed E-state index contributed by atoms with van der Waals surface area (Å²) in [6, 6.07) is 72.3. The number of pyridine rings is 4. The van der Waals surface area contributed by atoms with Gasteiger partial charge in [0.25, 0.3) is 0 Å². The van der Waals surface area contributed by atoms with Crippen molar-refractivity contribution in [2.75, 3.05) is 0 Å². The molecular weight excluding hydrogens is 793 g/mol. The molecule has 0 aliphatic heterocycles. The molecule has 0 amide bonds. The molecule has 13 rings (SSSR count). The van der Waals surface area contributed by atoms with E-state index in [0.29, 0.717) is 0 Å². The van der Waals surface area contributed by atoms with Gasteiger partial charge >= 0.3 is 0 Å². The van der Waals surface area contributed by atoms with Gasteiger partial charge in [-0.15, -0.1) is 0 Å². The van der Waals surface area contributed by atoms with Gasteiger partial charge in [-0.2, -0.15) is 0 Å². The molecule has 0 unspecified atom stereocenters. The van der Waals surface area contributed by atoms with Gasteiger partial charge in [0.1, 0.15) is 11.2 Å². The van der Waals surface area contributed by atoms with Crippen LogP contribution in [-0.2, 0) is 0 Å². The zero-order valence-electron chi connectivity index (χ0n) is 35.0. The van der Waals surface area contributed by atoms with Crippen molar-refractivity contribution in [3.8, 4) is 67.0 Å². The Balaban J connectivity index is 1.000. The van der Waals surface area contributed by atoms with E-state index in [2.05, 4.69) is 194 Å². The molecule has 0 aliphatic carbocycles. The van der Waals surface area contributed by atoms with Crippen LogP contribution in [0.4, 0.5) is 0 Å². The highest BCUT2D eigenvalue weighted by Crippen LogP contribution is 2.42. The molecule has 5 heteroatoms. The Hall–Kier alpha value is -8.80. The predicted octanol–water partition coefficient (Wildman–Crippen LogP) is 15.8. The Bertz CT molecular complexity index is 3720. The van der Waals surface area contributed by atoms with Gasteiger partial charge in [-0.3, -0.25) is 9.97 Å². The van der Waals surface area contributed by atoms with Crippen LogP contribution in [0.3, 0.4) is 0 Å². The van der Waals surface area contributed by atoms with E-state index in [1.165, 1.54) is 0 Å². The summed E-state index contributed by atoms with van der Waals surface area (Å²) < 4.78 is 6.53. The van der Waals surface area contributed by atoms with Gasteiger partial charge in [0, 0.05) is 55.8 Å². The van der Waals surface area contributed by atoms with Gasteiger partial charge in [-0.05, 0) is 105 Å². The Morgan fingerprint density at radius 2 is 0.615 bits per heavy atom. The summed E-state index contributed by atoms with van der Waals surface area (Å²) in [4.78, 5) is 20.8. The second-order valence-corrected chi connectivity index (χ2v) is 16.5. The van der Waals surface area contributed by atoms with Crippen molar-refractivity contribution in [1.29, 1.82) is 0 Å². The Morgan fingerprint density at radius 1 is 0.262 bits per heavy atom. The van der Waals surface area contributed by atoms with Crippen LogP contribution in [-0.4, -0.2) is 19.9 Å². The highest BCUT2D eigenvalue weighted by atomic mass is 16.3. The molecule has 5 aromatic heterocycles. The molecule has 5 heterocycles. The monoisotopic (exact) mass is 828 g/mol. The van der Waals surface area contributed by atoms with E-state index in [0.717, 1.165) is 133 Å². The van der Waals surface area contributed by atoms with Crippen molar-refractivity contribution in [2.24, 2.45) is 0 Å². The molecule has 0 aliphatic rings. The molecule has 0 N–H and O–H groups in total. The van der Waals surface area contributed by atoms with Gasteiger partial charge < -0.3 is 4.42 Å². The standard InChI is InChI=1S/C60H36N4O/c1-5-13-37(14-6-1)43-29-31-61-57-45(43)23-25-47-49(39-17-9-3-10-18-39)35-53(63-59(47)57)41-21-27-55-51(33-41)52-34-42(22-28-56(52)65-55)54-36-50(40-19-11-4-12-20-40)48-26-24-46-44(38-15-7-2-8-16-38)30-32-62-58(46)60(48)64-54/h1-36H. The molecule has 13 aromatic rings. The summed E-state index contributed by atoms with van der Waals surface area (Å²) in [5.74, 6) is 0. The van der Waals surface area contributed by atoms with Crippen molar-refractivity contribution in [2.45, 2.75) is 0 Å². The molecule has 302 valence electrons. The third-order valence-electron chi connectivity index (χ3n) is 12.8. The van der Waals surface area contributed by atoms with E-state index in [1.54, 1.807) is 0 Å². The van der Waals surface area contributed by atoms with Crippen LogP contribution in [0, 0.1) is 0 Å². The van der Waals surface area contributed by atoms with Crippen molar-refractivity contribution >= 4 is 65.6 Å². The Kier molecular flexibility index (Phi) is 8.46. The smallest absolute Gasteiger partial charge is 0.135 e. The molecule has 0 saturated heterocycles. The van der Waals surface area contributed by atoms with E-state index in [9.17, 15) is 0 Å². The van der Waals surface area contributed by atoms with Crippen molar-refractivity contribution in [3.63, 3.8) is 0 Å². The van der Waals surface area contributed by atoms with E-state index < -0.39 is 0 Å². The predicted molar refractivity (Wildman–Crippen MR) is 268 cm³/mol. The SMILES string of the molecule is c1ccc(-c2ccnc3c2ccc2c(-c4ccccc4)cc(-c4ccc5oc6ccc(-c7cc(-c8ccccc8)c8ccc9c(-c%10ccccc%10)ccnc9c8n7)cc6c5c4)nc23)cc1. The number of benzene rings is 8. The second kappa shape index (κ2) is 14.9. The summed E-state index contributed by atoms with van der Waals surface area (Å²) in [5.41, 5.74) is 17.8. The number of hydrogen-bond acceptors (Lipinski definition) is 5. The molecule has 0 fully saturated rings. The topological polar surface area (TPSA) is 64.7 Å². The summed E-state index contributed by atoms with van der Waals surface area (Å²) in [5, 5.41) is 6.26. The van der Waals surface area contributed by atoms with Gasteiger partial charge in [0.05, 0.1) is 33.5 Å². The van der Waals surface area contributed by atoms with E-state index in [-0.39, 0.29) is 0 Å². The summed E-state index contributed by atoms with van der Waals surface area (Å²) in [7, 11) is 0. The summed E-state index contributed by atoms with van der Waals surface area (Å²) in [6.45, 7) is 0. The maximum atomic E-state index is 6.53. The van der Waals surface area contributed by atoms with Gasteiger partial charge in [0.15, 0.2) is 0 Å². The zero-order valence-corrected chi connectivity index (χ0v) is 35.0. The molecule has 0 atom stereocenters. The molecule has 0 saturated carbocycles. The number of rotatable bonds is 6. The zero-order chi connectivity index (χ0) is 42.8. The van der Waals surface area contributed by atoms with Gasteiger partial charge in [-0.1, -0.05) is 146 Å². The van der Waals surface area contributed by atoms with Crippen LogP contribution in [0.15, 0.2) is 223 Å². The lowest BCUT2D eigenvalue weighted by Gasteiger charge is -2.14. The maximum absolute atomic E-state index is 6.53. The number of nitrogens with zero attached hydrogens (tertiary/aromatic N) is 4. The van der Waals surface area contributed by atoms with Crippen LogP contribution >= 0.6 is 0 Å². The van der Waals surface area contributed by atoms with Crippen LogP contribution in [0.5, 0.6) is 0 Å². The highest BCUT2D eigenvalue weighted by Gasteiger charge is 2.19. The summed E-state index contributed by atoms with van der Waals surface area (Å²) >= 11 is 0. The van der Waals surface area contributed by atoms with E-state index >= 15 is 0 Å². The van der Waals surface area contributed by atoms with Gasteiger partial charge in [-0.25, -0.2) is 9.97 Å². The quantitative estimate of drug-likeness (QED) is 0.156. The normalized spacial score (nSPS) is 11.7. The number of hydrogen-bond donors (Lipinski definition) is 0. The third kappa shape index (κ3) is 6.16. The molecule has 5 nitrogen and oxygen atoms in total. The Morgan fingerprint density at radius 3 is 1.00 bits per heavy atom. The minimum Gasteiger partial charge on any atom is -0.456 e. The molecule has 0 radical (unpaired) electrons. The lowest BCUT2D eigenvalue weighted by atomic mass is 9.94. The van der Waals surface area contributed by atoms with Crippen LogP contribution in [0.1, 0.15) is 0 Å². The first-order valence-electron chi connectivity index (χ1n) is 21.9. The first-order chi connectivity index (χ1) is 32.2. The Labute approximate surface area is 374 Å². The molecule has 65 heavy (non-hydrogen) atoms. The van der Waals surface area contributed by atoms with Crippen LogP contribution < -0.4 is 0 Å². The average Bonchev–Trinajstić information content (AvgIpc) is 3.76. The highest BCUT2D eigenvalue weighted by molar-refractivity contribution is 6.15. The van der Waals surface area contributed by atoms with E-state index in [4.69, 9.17) is 24.4 Å². The van der Waals surface area contributed by atoms with Crippen molar-refractivity contribution in [3.05, 3.63) is 219 Å². The lowest BCUT2D eigenvalue weighted by Crippen LogP contribution is -1.94. The first kappa shape index (κ1) is 36.8. The van der Waals surface area contributed by atoms with Gasteiger partial charge in [0.2, 0.25) is 0 Å².